The summed E-state index contributed by atoms with van der Waals surface area (Å²) in [5.41, 5.74) is 4.85. The Hall–Kier alpha value is -1.34. The zero-order chi connectivity index (χ0) is 14.6. The number of hydrogen-bond acceptors (Lipinski definition) is 5. The van der Waals surface area contributed by atoms with Gasteiger partial charge in [0.15, 0.2) is 5.84 Å². The number of amidine groups is 1. The van der Waals surface area contributed by atoms with Crippen LogP contribution < -0.4 is 5.73 Å². The third-order valence-corrected chi connectivity index (χ3v) is 4.20. The SMILES string of the molecule is CN(CC1CCCO1)C(=O)C1(C(N)=NO)CCOCC1. The molecule has 2 fully saturated rings. The highest BCUT2D eigenvalue weighted by Crippen LogP contribution is 2.33. The first-order valence-corrected chi connectivity index (χ1v) is 7.03. The third kappa shape index (κ3) is 2.88. The molecule has 2 saturated heterocycles. The van der Waals surface area contributed by atoms with Crippen molar-refractivity contribution in [1.82, 2.24) is 4.90 Å². The molecule has 0 radical (unpaired) electrons. The largest absolute Gasteiger partial charge is 0.409 e. The Morgan fingerprint density at radius 2 is 2.15 bits per heavy atom. The van der Waals surface area contributed by atoms with Gasteiger partial charge < -0.3 is 25.3 Å². The molecule has 0 aliphatic carbocycles. The van der Waals surface area contributed by atoms with Gasteiger partial charge >= 0.3 is 0 Å². The summed E-state index contributed by atoms with van der Waals surface area (Å²) in [5, 5.41) is 12.1. The van der Waals surface area contributed by atoms with E-state index in [1.54, 1.807) is 11.9 Å². The minimum Gasteiger partial charge on any atom is -0.409 e. The molecular weight excluding hydrogens is 262 g/mol. The van der Waals surface area contributed by atoms with E-state index >= 15 is 0 Å². The molecule has 2 rings (SSSR count). The van der Waals surface area contributed by atoms with Gasteiger partial charge in [-0.3, -0.25) is 4.79 Å². The predicted molar refractivity (Wildman–Crippen MR) is 72.5 cm³/mol. The lowest BCUT2D eigenvalue weighted by molar-refractivity contribution is -0.142. The summed E-state index contributed by atoms with van der Waals surface area (Å²) in [7, 11) is 1.74. The van der Waals surface area contributed by atoms with Crippen LogP contribution in [0.1, 0.15) is 25.7 Å². The van der Waals surface area contributed by atoms with Crippen molar-refractivity contribution >= 4 is 11.7 Å². The van der Waals surface area contributed by atoms with Crippen molar-refractivity contribution in [2.75, 3.05) is 33.4 Å². The number of rotatable bonds is 4. The van der Waals surface area contributed by atoms with E-state index in [-0.39, 0.29) is 17.8 Å². The number of likely N-dealkylation sites (N-methyl/N-ethyl adjacent to an activating group) is 1. The van der Waals surface area contributed by atoms with Crippen molar-refractivity contribution in [2.24, 2.45) is 16.3 Å². The van der Waals surface area contributed by atoms with Crippen LogP contribution in [0.3, 0.4) is 0 Å². The van der Waals surface area contributed by atoms with E-state index < -0.39 is 5.41 Å². The molecule has 0 spiro atoms. The monoisotopic (exact) mass is 285 g/mol. The van der Waals surface area contributed by atoms with Gasteiger partial charge in [-0.25, -0.2) is 0 Å². The van der Waals surface area contributed by atoms with Gasteiger partial charge in [-0.2, -0.15) is 0 Å². The van der Waals surface area contributed by atoms with E-state index in [9.17, 15) is 4.79 Å². The van der Waals surface area contributed by atoms with E-state index in [4.69, 9.17) is 20.4 Å². The Balaban J connectivity index is 2.09. The van der Waals surface area contributed by atoms with E-state index in [1.165, 1.54) is 0 Å². The highest BCUT2D eigenvalue weighted by atomic mass is 16.5. The lowest BCUT2D eigenvalue weighted by Gasteiger charge is -2.37. The smallest absolute Gasteiger partial charge is 0.236 e. The van der Waals surface area contributed by atoms with Crippen molar-refractivity contribution in [3.8, 4) is 0 Å². The summed E-state index contributed by atoms with van der Waals surface area (Å²) in [6.07, 6.45) is 2.98. The summed E-state index contributed by atoms with van der Waals surface area (Å²) in [6, 6.07) is 0. The Bertz CT molecular complexity index is 374. The quantitative estimate of drug-likeness (QED) is 0.332. The fourth-order valence-corrected chi connectivity index (χ4v) is 2.94. The van der Waals surface area contributed by atoms with Crippen molar-refractivity contribution in [1.29, 1.82) is 0 Å². The minimum absolute atomic E-state index is 0.0232. The first-order valence-electron chi connectivity index (χ1n) is 7.03. The number of carbonyl (C=O) groups is 1. The lowest BCUT2D eigenvalue weighted by atomic mass is 9.77. The van der Waals surface area contributed by atoms with Crippen LogP contribution in [0.4, 0.5) is 0 Å². The minimum atomic E-state index is -0.944. The fourth-order valence-electron chi connectivity index (χ4n) is 2.94. The van der Waals surface area contributed by atoms with Crippen LogP contribution in [-0.4, -0.2) is 61.4 Å². The van der Waals surface area contributed by atoms with Gasteiger partial charge in [0.1, 0.15) is 5.41 Å². The Labute approximate surface area is 118 Å². The number of amides is 1. The molecule has 114 valence electrons. The number of carbonyl (C=O) groups excluding carboxylic acids is 1. The van der Waals surface area contributed by atoms with Crippen molar-refractivity contribution in [2.45, 2.75) is 31.8 Å². The number of ether oxygens (including phenoxy) is 2. The second-order valence-corrected chi connectivity index (χ2v) is 5.50. The maximum Gasteiger partial charge on any atom is 0.236 e. The molecule has 20 heavy (non-hydrogen) atoms. The maximum atomic E-state index is 12.8. The standard InChI is InChI=1S/C13H23N3O4/c1-16(9-10-3-2-6-20-10)12(17)13(11(14)15-18)4-7-19-8-5-13/h10,18H,2-9H2,1H3,(H2,14,15). The van der Waals surface area contributed by atoms with Crippen LogP contribution in [0, 0.1) is 5.41 Å². The first kappa shape index (κ1) is 15.1. The van der Waals surface area contributed by atoms with Gasteiger partial charge in [-0.1, -0.05) is 5.16 Å². The molecular formula is C13H23N3O4. The molecule has 2 heterocycles. The van der Waals surface area contributed by atoms with Crippen LogP contribution in [-0.2, 0) is 14.3 Å². The van der Waals surface area contributed by atoms with Crippen molar-refractivity contribution < 1.29 is 19.5 Å². The Kier molecular flexibility index (Phi) is 4.82. The van der Waals surface area contributed by atoms with Crippen LogP contribution in [0.15, 0.2) is 5.16 Å². The topological polar surface area (TPSA) is 97.4 Å². The van der Waals surface area contributed by atoms with Crippen LogP contribution in [0.25, 0.3) is 0 Å². The molecule has 2 aliphatic heterocycles. The third-order valence-electron chi connectivity index (χ3n) is 4.20. The molecule has 1 atom stereocenters. The average Bonchev–Trinajstić information content (AvgIpc) is 2.99. The Morgan fingerprint density at radius 3 is 2.70 bits per heavy atom. The van der Waals surface area contributed by atoms with Gasteiger partial charge in [-0.15, -0.1) is 0 Å². The molecule has 0 bridgehead atoms. The summed E-state index contributed by atoms with van der Waals surface area (Å²) < 4.78 is 10.8. The van der Waals surface area contributed by atoms with Crippen LogP contribution in [0.5, 0.6) is 0 Å². The van der Waals surface area contributed by atoms with E-state index in [0.29, 0.717) is 32.6 Å². The molecule has 0 aromatic rings. The van der Waals surface area contributed by atoms with Crippen LogP contribution in [0.2, 0.25) is 0 Å². The highest BCUT2D eigenvalue weighted by Gasteiger charge is 2.46. The molecule has 2 aliphatic rings. The molecule has 0 saturated carbocycles. The molecule has 7 heteroatoms. The van der Waals surface area contributed by atoms with E-state index in [1.807, 2.05) is 0 Å². The number of nitrogens with zero attached hydrogens (tertiary/aromatic N) is 2. The summed E-state index contributed by atoms with van der Waals surface area (Å²) in [6.45, 7) is 2.18. The van der Waals surface area contributed by atoms with Gasteiger partial charge in [0.2, 0.25) is 5.91 Å². The molecule has 1 amide bonds. The number of nitrogens with two attached hydrogens (primary N) is 1. The maximum absolute atomic E-state index is 12.8. The molecule has 7 nitrogen and oxygen atoms in total. The number of hydrogen-bond donors (Lipinski definition) is 2. The molecule has 1 unspecified atom stereocenters. The first-order chi connectivity index (χ1) is 9.60. The number of oxime groups is 1. The summed E-state index contributed by atoms with van der Waals surface area (Å²) >= 11 is 0. The Morgan fingerprint density at radius 1 is 1.45 bits per heavy atom. The summed E-state index contributed by atoms with van der Waals surface area (Å²) in [4.78, 5) is 14.4. The van der Waals surface area contributed by atoms with E-state index in [0.717, 1.165) is 19.4 Å². The van der Waals surface area contributed by atoms with Gasteiger partial charge in [0.25, 0.3) is 0 Å². The zero-order valence-corrected chi connectivity index (χ0v) is 11.9. The molecule has 3 N–H and O–H groups in total. The van der Waals surface area contributed by atoms with Gasteiger partial charge in [0, 0.05) is 33.4 Å². The molecule has 0 aromatic heterocycles. The fraction of sp³-hybridized carbons (Fsp3) is 0.846. The molecule has 0 aromatic carbocycles. The predicted octanol–water partition coefficient (Wildman–Crippen LogP) is 0.167. The van der Waals surface area contributed by atoms with Crippen LogP contribution >= 0.6 is 0 Å². The van der Waals surface area contributed by atoms with Crippen molar-refractivity contribution in [3.05, 3.63) is 0 Å². The highest BCUT2D eigenvalue weighted by molar-refractivity contribution is 6.06. The lowest BCUT2D eigenvalue weighted by Crippen LogP contribution is -2.54. The van der Waals surface area contributed by atoms with Gasteiger partial charge in [-0.05, 0) is 25.7 Å². The normalized spacial score (nSPS) is 26.4. The second kappa shape index (κ2) is 6.41. The average molecular weight is 285 g/mol. The van der Waals surface area contributed by atoms with Gasteiger partial charge in [0.05, 0.1) is 6.10 Å². The second-order valence-electron chi connectivity index (χ2n) is 5.50. The van der Waals surface area contributed by atoms with E-state index in [2.05, 4.69) is 5.16 Å². The zero-order valence-electron chi connectivity index (χ0n) is 11.9. The van der Waals surface area contributed by atoms with Crippen molar-refractivity contribution in [3.63, 3.8) is 0 Å². The summed E-state index contributed by atoms with van der Waals surface area (Å²) in [5.74, 6) is -0.142.